The van der Waals surface area contributed by atoms with Crippen LogP contribution in [0.15, 0.2) is 54.6 Å². The quantitative estimate of drug-likeness (QED) is 0.921. The van der Waals surface area contributed by atoms with Gasteiger partial charge in [0.25, 0.3) is 0 Å². The summed E-state index contributed by atoms with van der Waals surface area (Å²) in [6.07, 6.45) is 5.87. The number of hydrogen-bond donors (Lipinski definition) is 1. The molecule has 4 nitrogen and oxygen atoms in total. The van der Waals surface area contributed by atoms with E-state index in [0.717, 1.165) is 44.8 Å². The Balaban J connectivity index is 1.29. The Morgan fingerprint density at radius 1 is 0.962 bits per heavy atom. The van der Waals surface area contributed by atoms with Crippen LogP contribution in [0.1, 0.15) is 17.5 Å². The van der Waals surface area contributed by atoms with Crippen molar-refractivity contribution in [3.63, 3.8) is 0 Å². The summed E-state index contributed by atoms with van der Waals surface area (Å²) in [4.78, 5) is 16.4. The first kappa shape index (κ1) is 16.9. The minimum atomic E-state index is 0.121. The fraction of sp³-hybridized carbons (Fsp3) is 0.318. The van der Waals surface area contributed by atoms with Crippen molar-refractivity contribution >= 4 is 23.4 Å². The minimum absolute atomic E-state index is 0.121. The highest BCUT2D eigenvalue weighted by Gasteiger charge is 2.16. The number of para-hydroxylation sites is 1. The van der Waals surface area contributed by atoms with E-state index in [9.17, 15) is 4.79 Å². The number of hydrogen-bond acceptors (Lipinski definition) is 3. The number of carbonyl (C=O) groups excluding carboxylic acids is 1. The first-order chi connectivity index (χ1) is 12.8. The average Bonchev–Trinajstić information content (AvgIpc) is 2.69. The van der Waals surface area contributed by atoms with Crippen molar-refractivity contribution < 1.29 is 4.79 Å². The lowest BCUT2D eigenvalue weighted by Crippen LogP contribution is -2.46. The van der Waals surface area contributed by atoms with Gasteiger partial charge in [-0.15, -0.1) is 0 Å². The summed E-state index contributed by atoms with van der Waals surface area (Å²) in [6, 6.07) is 16.9. The smallest absolute Gasteiger partial charge is 0.224 e. The van der Waals surface area contributed by atoms with E-state index in [1.807, 2.05) is 6.07 Å². The second kappa shape index (κ2) is 7.75. The number of anilines is 2. The molecule has 4 rings (SSSR count). The van der Waals surface area contributed by atoms with Gasteiger partial charge >= 0.3 is 0 Å². The van der Waals surface area contributed by atoms with E-state index in [2.05, 4.69) is 69.7 Å². The zero-order valence-corrected chi connectivity index (χ0v) is 15.0. The first-order valence-electron chi connectivity index (χ1n) is 9.39. The zero-order chi connectivity index (χ0) is 17.8. The number of benzene rings is 2. The van der Waals surface area contributed by atoms with Crippen LogP contribution in [0.25, 0.3) is 6.08 Å². The molecule has 2 aliphatic rings. The Morgan fingerprint density at radius 3 is 2.58 bits per heavy atom. The van der Waals surface area contributed by atoms with Gasteiger partial charge in [-0.1, -0.05) is 36.4 Å². The maximum absolute atomic E-state index is 11.4. The van der Waals surface area contributed by atoms with Crippen molar-refractivity contribution in [2.75, 3.05) is 42.9 Å². The van der Waals surface area contributed by atoms with Gasteiger partial charge in [0.2, 0.25) is 5.91 Å². The molecule has 0 unspecified atom stereocenters. The van der Waals surface area contributed by atoms with E-state index < -0.39 is 0 Å². The molecule has 1 saturated heterocycles. The second-order valence-corrected chi connectivity index (χ2v) is 6.99. The van der Waals surface area contributed by atoms with Crippen LogP contribution in [0.2, 0.25) is 0 Å². The van der Waals surface area contributed by atoms with E-state index >= 15 is 0 Å². The molecule has 1 fully saturated rings. The van der Waals surface area contributed by atoms with Crippen molar-refractivity contribution in [3.05, 3.63) is 65.7 Å². The van der Waals surface area contributed by atoms with Crippen molar-refractivity contribution in [2.24, 2.45) is 0 Å². The van der Waals surface area contributed by atoms with E-state index in [4.69, 9.17) is 0 Å². The number of fused-ring (bicyclic) bond motifs is 1. The molecule has 0 saturated carbocycles. The van der Waals surface area contributed by atoms with Crippen molar-refractivity contribution in [2.45, 2.75) is 12.8 Å². The summed E-state index contributed by atoms with van der Waals surface area (Å²) < 4.78 is 0. The highest BCUT2D eigenvalue weighted by Crippen LogP contribution is 2.24. The molecule has 2 aromatic rings. The second-order valence-electron chi connectivity index (χ2n) is 6.99. The molecule has 0 radical (unpaired) electrons. The van der Waals surface area contributed by atoms with E-state index in [0.29, 0.717) is 6.42 Å². The molecule has 26 heavy (non-hydrogen) atoms. The molecule has 0 bridgehead atoms. The number of nitrogens with zero attached hydrogens (tertiary/aromatic N) is 2. The van der Waals surface area contributed by atoms with Crippen LogP contribution in [-0.2, 0) is 11.2 Å². The monoisotopic (exact) mass is 347 g/mol. The summed E-state index contributed by atoms with van der Waals surface area (Å²) in [5, 5.41) is 2.94. The summed E-state index contributed by atoms with van der Waals surface area (Å²) in [5.74, 6) is 0.121. The van der Waals surface area contributed by atoms with Crippen LogP contribution in [0.5, 0.6) is 0 Å². The largest absolute Gasteiger partial charge is 0.369 e. The molecule has 0 aliphatic carbocycles. The van der Waals surface area contributed by atoms with Gasteiger partial charge in [0.05, 0.1) is 0 Å². The molecule has 4 heteroatoms. The molecule has 0 aromatic heterocycles. The predicted molar refractivity (Wildman–Crippen MR) is 108 cm³/mol. The molecule has 134 valence electrons. The molecule has 2 aromatic carbocycles. The highest BCUT2D eigenvalue weighted by molar-refractivity contribution is 5.94. The van der Waals surface area contributed by atoms with Gasteiger partial charge < -0.3 is 10.2 Å². The number of piperazine rings is 1. The molecular weight excluding hydrogens is 322 g/mol. The third-order valence-electron chi connectivity index (χ3n) is 5.19. The number of carbonyl (C=O) groups is 1. The molecule has 1 amide bonds. The Morgan fingerprint density at radius 2 is 1.77 bits per heavy atom. The molecule has 1 N–H and O–H groups in total. The molecule has 2 aliphatic heterocycles. The lowest BCUT2D eigenvalue weighted by Gasteiger charge is -2.35. The Labute approximate surface area is 155 Å². The Hall–Kier alpha value is -2.59. The molecule has 0 atom stereocenters. The molecule has 0 spiro atoms. The minimum Gasteiger partial charge on any atom is -0.369 e. The van der Waals surface area contributed by atoms with Crippen molar-refractivity contribution in [1.29, 1.82) is 0 Å². The molecular formula is C22H25N3O. The van der Waals surface area contributed by atoms with Gasteiger partial charge in [-0.2, -0.15) is 0 Å². The normalized spacial score (nSPS) is 18.0. The van der Waals surface area contributed by atoms with Crippen LogP contribution in [0.4, 0.5) is 11.4 Å². The topological polar surface area (TPSA) is 35.6 Å². The van der Waals surface area contributed by atoms with Crippen LogP contribution in [0, 0.1) is 0 Å². The SMILES string of the molecule is O=C1CCc2cc(C=CCN3CCN(c4ccccc4)CC3)ccc2N1. The number of nitrogens with one attached hydrogen (secondary N) is 1. The lowest BCUT2D eigenvalue weighted by molar-refractivity contribution is -0.116. The maximum Gasteiger partial charge on any atom is 0.224 e. The van der Waals surface area contributed by atoms with Crippen LogP contribution in [-0.4, -0.2) is 43.5 Å². The van der Waals surface area contributed by atoms with E-state index in [1.165, 1.54) is 16.8 Å². The lowest BCUT2D eigenvalue weighted by atomic mass is 10.0. The Bertz CT molecular complexity index is 792. The van der Waals surface area contributed by atoms with Gasteiger partial charge in [0.15, 0.2) is 0 Å². The third-order valence-corrected chi connectivity index (χ3v) is 5.19. The van der Waals surface area contributed by atoms with Crippen LogP contribution >= 0.6 is 0 Å². The van der Waals surface area contributed by atoms with E-state index in [1.54, 1.807) is 0 Å². The summed E-state index contributed by atoms with van der Waals surface area (Å²) in [6.45, 7) is 5.33. The molecule has 2 heterocycles. The van der Waals surface area contributed by atoms with Crippen molar-refractivity contribution in [1.82, 2.24) is 4.90 Å². The van der Waals surface area contributed by atoms with Crippen LogP contribution in [0.3, 0.4) is 0 Å². The predicted octanol–water partition coefficient (Wildman–Crippen LogP) is 3.41. The number of rotatable bonds is 4. The van der Waals surface area contributed by atoms with Gasteiger partial charge in [0, 0.05) is 50.5 Å². The first-order valence-corrected chi connectivity index (χ1v) is 9.39. The van der Waals surface area contributed by atoms with E-state index in [-0.39, 0.29) is 5.91 Å². The fourth-order valence-electron chi connectivity index (χ4n) is 3.67. The zero-order valence-electron chi connectivity index (χ0n) is 15.0. The van der Waals surface area contributed by atoms with Gasteiger partial charge in [-0.05, 0) is 41.8 Å². The number of aryl methyl sites for hydroxylation is 1. The van der Waals surface area contributed by atoms with Gasteiger partial charge in [-0.25, -0.2) is 0 Å². The number of amides is 1. The Kier molecular flexibility index (Phi) is 5.02. The summed E-state index contributed by atoms with van der Waals surface area (Å²) in [5.41, 5.74) is 4.74. The van der Waals surface area contributed by atoms with Crippen molar-refractivity contribution in [3.8, 4) is 0 Å². The maximum atomic E-state index is 11.4. The van der Waals surface area contributed by atoms with Crippen LogP contribution < -0.4 is 10.2 Å². The van der Waals surface area contributed by atoms with Gasteiger partial charge in [-0.3, -0.25) is 9.69 Å². The summed E-state index contributed by atoms with van der Waals surface area (Å²) >= 11 is 0. The third kappa shape index (κ3) is 3.97. The highest BCUT2D eigenvalue weighted by atomic mass is 16.1. The summed E-state index contributed by atoms with van der Waals surface area (Å²) in [7, 11) is 0. The fourth-order valence-corrected chi connectivity index (χ4v) is 3.67. The van der Waals surface area contributed by atoms with Gasteiger partial charge in [0.1, 0.15) is 0 Å². The average molecular weight is 347 g/mol. The standard InChI is InChI=1S/C22H25N3O/c26-22-11-9-19-17-18(8-10-21(19)23-22)5-4-12-24-13-15-25(16-14-24)20-6-2-1-3-7-20/h1-8,10,17H,9,11-16H2,(H,23,26).